The van der Waals surface area contributed by atoms with Gasteiger partial charge in [0.15, 0.2) is 0 Å². The van der Waals surface area contributed by atoms with Crippen LogP contribution in [0.15, 0.2) is 122 Å². The SMILES string of the molecule is c1ccc(-n2cc(-c3nc4ccccc4s3)c3nccc(-n4c5ccccc5c5ccccc54)c32)cc1. The zero-order valence-corrected chi connectivity index (χ0v) is 20.6. The number of hydrogen-bond acceptors (Lipinski definition) is 3. The highest BCUT2D eigenvalue weighted by Gasteiger charge is 2.21. The lowest BCUT2D eigenvalue weighted by Crippen LogP contribution is -2.00. The van der Waals surface area contributed by atoms with Crippen molar-refractivity contribution < 1.29 is 0 Å². The zero-order valence-electron chi connectivity index (χ0n) is 19.7. The van der Waals surface area contributed by atoms with Gasteiger partial charge in [-0.1, -0.05) is 66.7 Å². The number of aromatic nitrogens is 4. The number of benzene rings is 4. The van der Waals surface area contributed by atoms with Crippen LogP contribution in [0.25, 0.3) is 65.0 Å². The minimum Gasteiger partial charge on any atom is -0.313 e. The molecular weight excluding hydrogens is 472 g/mol. The number of hydrogen-bond donors (Lipinski definition) is 0. The summed E-state index contributed by atoms with van der Waals surface area (Å²) in [6, 6.07) is 38.2. The van der Waals surface area contributed by atoms with Crippen molar-refractivity contribution in [2.75, 3.05) is 0 Å². The fourth-order valence-corrected chi connectivity index (χ4v) is 6.41. The highest BCUT2D eigenvalue weighted by Crippen LogP contribution is 2.40. The minimum atomic E-state index is 0.947. The normalized spacial score (nSPS) is 11.8. The Morgan fingerprint density at radius 2 is 1.32 bits per heavy atom. The Morgan fingerprint density at radius 3 is 2.08 bits per heavy atom. The summed E-state index contributed by atoms with van der Waals surface area (Å²) in [5, 5.41) is 3.47. The third-order valence-electron chi connectivity index (χ3n) is 7.04. The van der Waals surface area contributed by atoms with Crippen molar-refractivity contribution in [1.29, 1.82) is 0 Å². The average Bonchev–Trinajstić information content (AvgIpc) is 3.65. The van der Waals surface area contributed by atoms with E-state index in [-0.39, 0.29) is 0 Å². The maximum Gasteiger partial charge on any atom is 0.128 e. The summed E-state index contributed by atoms with van der Waals surface area (Å²) in [7, 11) is 0. The van der Waals surface area contributed by atoms with Crippen LogP contribution in [0.4, 0.5) is 0 Å². The van der Waals surface area contributed by atoms with E-state index in [0.29, 0.717) is 0 Å². The van der Waals surface area contributed by atoms with Gasteiger partial charge in [0.25, 0.3) is 0 Å². The van der Waals surface area contributed by atoms with E-state index in [1.54, 1.807) is 11.3 Å². The molecule has 8 rings (SSSR count). The van der Waals surface area contributed by atoms with Gasteiger partial charge in [-0.25, -0.2) is 4.98 Å². The molecule has 4 nitrogen and oxygen atoms in total. The van der Waals surface area contributed by atoms with E-state index in [4.69, 9.17) is 9.97 Å². The summed E-state index contributed by atoms with van der Waals surface area (Å²) in [5.41, 5.74) is 8.62. The maximum atomic E-state index is 4.99. The molecular formula is C32H20N4S. The molecule has 0 aliphatic carbocycles. The Balaban J connectivity index is 1.51. The average molecular weight is 493 g/mol. The van der Waals surface area contributed by atoms with Crippen LogP contribution in [0.1, 0.15) is 0 Å². The van der Waals surface area contributed by atoms with Gasteiger partial charge in [0.2, 0.25) is 0 Å². The molecule has 0 saturated carbocycles. The molecule has 174 valence electrons. The quantitative estimate of drug-likeness (QED) is 0.248. The van der Waals surface area contributed by atoms with Gasteiger partial charge < -0.3 is 9.13 Å². The van der Waals surface area contributed by atoms with Crippen molar-refractivity contribution in [3.8, 4) is 21.9 Å². The van der Waals surface area contributed by atoms with Gasteiger partial charge in [-0.3, -0.25) is 4.98 Å². The van der Waals surface area contributed by atoms with Crippen LogP contribution in [-0.2, 0) is 0 Å². The summed E-state index contributed by atoms with van der Waals surface area (Å²) in [4.78, 5) is 9.93. The lowest BCUT2D eigenvalue weighted by atomic mass is 10.2. The van der Waals surface area contributed by atoms with Gasteiger partial charge in [0.05, 0.1) is 38.0 Å². The van der Waals surface area contributed by atoms with E-state index in [1.165, 1.54) is 26.5 Å². The van der Waals surface area contributed by atoms with Crippen molar-refractivity contribution in [3.05, 3.63) is 122 Å². The summed E-state index contributed by atoms with van der Waals surface area (Å²) in [6.45, 7) is 0. The molecule has 0 saturated heterocycles. The molecule has 8 aromatic rings. The smallest absolute Gasteiger partial charge is 0.128 e. The zero-order chi connectivity index (χ0) is 24.3. The molecule has 4 aromatic carbocycles. The van der Waals surface area contributed by atoms with E-state index in [9.17, 15) is 0 Å². The van der Waals surface area contributed by atoms with Crippen LogP contribution in [-0.4, -0.2) is 19.1 Å². The third-order valence-corrected chi connectivity index (χ3v) is 8.11. The first-order valence-corrected chi connectivity index (χ1v) is 13.1. The molecule has 0 aliphatic rings. The van der Waals surface area contributed by atoms with Crippen molar-refractivity contribution in [3.63, 3.8) is 0 Å². The number of para-hydroxylation sites is 4. The van der Waals surface area contributed by atoms with Crippen LogP contribution in [0, 0.1) is 0 Å². The first-order valence-electron chi connectivity index (χ1n) is 12.3. The minimum absolute atomic E-state index is 0.947. The molecule has 0 radical (unpaired) electrons. The first kappa shape index (κ1) is 20.5. The molecule has 0 fully saturated rings. The number of thiazole rings is 1. The standard InChI is InChI=1S/C32H20N4S/c1-2-10-21(11-3-1)35-20-24(32-34-25-14-6-9-17-29(25)37-32)30-31(35)28(18-19-33-30)36-26-15-7-4-12-22(26)23-13-5-8-16-27(23)36/h1-20H. The predicted octanol–water partition coefficient (Wildman–Crippen LogP) is 8.40. The molecule has 0 unspecified atom stereocenters. The second-order valence-electron chi connectivity index (χ2n) is 9.13. The number of fused-ring (bicyclic) bond motifs is 5. The van der Waals surface area contributed by atoms with E-state index >= 15 is 0 Å². The summed E-state index contributed by atoms with van der Waals surface area (Å²) in [6.07, 6.45) is 4.12. The van der Waals surface area contributed by atoms with Gasteiger partial charge >= 0.3 is 0 Å². The monoisotopic (exact) mass is 492 g/mol. The lowest BCUT2D eigenvalue weighted by molar-refractivity contribution is 1.09. The van der Waals surface area contributed by atoms with Crippen LogP contribution in [0.5, 0.6) is 0 Å². The second kappa shape index (κ2) is 7.88. The highest BCUT2D eigenvalue weighted by molar-refractivity contribution is 7.21. The Labute approximate surface area is 216 Å². The van der Waals surface area contributed by atoms with E-state index in [1.807, 2.05) is 12.3 Å². The second-order valence-corrected chi connectivity index (χ2v) is 10.2. The summed E-state index contributed by atoms with van der Waals surface area (Å²) >= 11 is 1.71. The molecule has 4 aromatic heterocycles. The molecule has 0 atom stereocenters. The third kappa shape index (κ3) is 3.01. The molecule has 0 amide bonds. The fourth-order valence-electron chi connectivity index (χ4n) is 5.43. The van der Waals surface area contributed by atoms with Gasteiger partial charge in [-0.2, -0.15) is 0 Å². The Morgan fingerprint density at radius 1 is 0.649 bits per heavy atom. The Kier molecular flexibility index (Phi) is 4.36. The highest BCUT2D eigenvalue weighted by atomic mass is 32.1. The molecule has 37 heavy (non-hydrogen) atoms. The molecule has 0 spiro atoms. The Bertz CT molecular complexity index is 2010. The largest absolute Gasteiger partial charge is 0.313 e. The van der Waals surface area contributed by atoms with Crippen molar-refractivity contribution >= 4 is 54.4 Å². The van der Waals surface area contributed by atoms with Crippen LogP contribution in [0.3, 0.4) is 0 Å². The number of nitrogens with zero attached hydrogens (tertiary/aromatic N) is 4. The van der Waals surface area contributed by atoms with Crippen molar-refractivity contribution in [1.82, 2.24) is 19.1 Å². The summed E-state index contributed by atoms with van der Waals surface area (Å²) in [5.74, 6) is 0. The number of rotatable bonds is 3. The van der Waals surface area contributed by atoms with Gasteiger partial charge in [0, 0.05) is 28.9 Å². The molecule has 4 heterocycles. The van der Waals surface area contributed by atoms with Crippen molar-refractivity contribution in [2.45, 2.75) is 0 Å². The summed E-state index contributed by atoms with van der Waals surface area (Å²) < 4.78 is 5.82. The predicted molar refractivity (Wildman–Crippen MR) is 154 cm³/mol. The maximum absolute atomic E-state index is 4.99. The van der Waals surface area contributed by atoms with E-state index in [2.05, 4.69) is 118 Å². The van der Waals surface area contributed by atoms with Gasteiger partial charge in [-0.15, -0.1) is 11.3 Å². The Hall–Kier alpha value is -4.74. The van der Waals surface area contributed by atoms with E-state index < -0.39 is 0 Å². The van der Waals surface area contributed by atoms with Crippen LogP contribution >= 0.6 is 11.3 Å². The fraction of sp³-hybridized carbons (Fsp3) is 0. The molecule has 0 N–H and O–H groups in total. The lowest BCUT2D eigenvalue weighted by Gasteiger charge is -2.13. The topological polar surface area (TPSA) is 35.6 Å². The van der Waals surface area contributed by atoms with Crippen LogP contribution < -0.4 is 0 Å². The first-order chi connectivity index (χ1) is 18.4. The van der Waals surface area contributed by atoms with E-state index in [0.717, 1.165) is 38.5 Å². The van der Waals surface area contributed by atoms with Gasteiger partial charge in [0.1, 0.15) is 10.5 Å². The molecule has 0 aliphatic heterocycles. The van der Waals surface area contributed by atoms with Crippen molar-refractivity contribution in [2.24, 2.45) is 0 Å². The van der Waals surface area contributed by atoms with Crippen LogP contribution in [0.2, 0.25) is 0 Å². The molecule has 0 bridgehead atoms. The molecule has 5 heteroatoms. The number of pyridine rings is 1. The van der Waals surface area contributed by atoms with Gasteiger partial charge in [-0.05, 0) is 42.5 Å².